The number of amidine groups is 1. The molecule has 0 N–H and O–H groups in total. The van der Waals surface area contributed by atoms with Crippen LogP contribution in [0.4, 0.5) is 0 Å². The average Bonchev–Trinajstić information content (AvgIpc) is 2.72. The van der Waals surface area contributed by atoms with Gasteiger partial charge in [0.2, 0.25) is 0 Å². The molecular formula is C19H24N2O2. The van der Waals surface area contributed by atoms with Crippen molar-refractivity contribution in [1.29, 1.82) is 0 Å². The number of allylic oxidation sites excluding steroid dienone is 2. The Hall–Kier alpha value is -2.36. The summed E-state index contributed by atoms with van der Waals surface area (Å²) in [6.45, 7) is 5.68. The molecule has 1 aliphatic carbocycles. The van der Waals surface area contributed by atoms with Gasteiger partial charge in [-0.2, -0.15) is 0 Å². The second-order valence-corrected chi connectivity index (χ2v) is 5.81. The van der Waals surface area contributed by atoms with Crippen molar-refractivity contribution in [2.45, 2.75) is 33.2 Å². The van der Waals surface area contributed by atoms with Gasteiger partial charge in [-0.1, -0.05) is 49.4 Å². The Morgan fingerprint density at radius 1 is 1.35 bits per heavy atom. The molecule has 23 heavy (non-hydrogen) atoms. The van der Waals surface area contributed by atoms with Crippen LogP contribution >= 0.6 is 0 Å². The maximum absolute atomic E-state index is 8.95. The molecule has 1 heterocycles. The molecule has 0 saturated carbocycles. The van der Waals surface area contributed by atoms with Gasteiger partial charge in [-0.15, -0.1) is 0 Å². The zero-order valence-electron chi connectivity index (χ0n) is 14.0. The number of carbonyl (C=O) groups excluding carboxylic acids is 1. The van der Waals surface area contributed by atoms with Crippen LogP contribution in [0.5, 0.6) is 0 Å². The zero-order chi connectivity index (χ0) is 16.7. The number of carbonyl (C=O) groups is 1. The summed E-state index contributed by atoms with van der Waals surface area (Å²) in [5, 5.41) is 0. The summed E-state index contributed by atoms with van der Waals surface area (Å²) in [7, 11) is 1.31. The molecule has 0 spiro atoms. The van der Waals surface area contributed by atoms with Crippen LogP contribution < -0.4 is 0 Å². The van der Waals surface area contributed by atoms with E-state index >= 15 is 0 Å². The molecule has 0 saturated heterocycles. The van der Waals surface area contributed by atoms with Gasteiger partial charge in [0.25, 0.3) is 6.47 Å². The summed E-state index contributed by atoms with van der Waals surface area (Å²) < 4.78 is 3.86. The summed E-state index contributed by atoms with van der Waals surface area (Å²) in [4.78, 5) is 16.0. The van der Waals surface area contributed by atoms with E-state index in [0.717, 1.165) is 25.2 Å². The Morgan fingerprint density at radius 3 is 2.70 bits per heavy atom. The molecule has 1 unspecified atom stereocenters. The molecule has 4 nitrogen and oxygen atoms in total. The number of rotatable bonds is 3. The van der Waals surface area contributed by atoms with Crippen LogP contribution in [-0.2, 0) is 16.1 Å². The third-order valence-corrected chi connectivity index (χ3v) is 3.89. The van der Waals surface area contributed by atoms with Gasteiger partial charge in [0, 0.05) is 24.4 Å². The molecular weight excluding hydrogens is 288 g/mol. The molecule has 1 aromatic carbocycles. The van der Waals surface area contributed by atoms with E-state index in [-0.39, 0.29) is 0 Å². The van der Waals surface area contributed by atoms with E-state index in [4.69, 9.17) is 9.79 Å². The van der Waals surface area contributed by atoms with Crippen LogP contribution in [0.2, 0.25) is 0 Å². The molecule has 0 radical (unpaired) electrons. The maximum atomic E-state index is 8.95. The van der Waals surface area contributed by atoms with Crippen molar-refractivity contribution in [2.75, 3.05) is 7.11 Å². The highest BCUT2D eigenvalue weighted by Gasteiger charge is 2.22. The fraction of sp³-hybridized carbons (Fsp3) is 0.368. The molecule has 3 rings (SSSR count). The number of nitrogens with zero attached hydrogens (tertiary/aromatic N) is 2. The summed E-state index contributed by atoms with van der Waals surface area (Å²) in [5.41, 5.74) is 3.98. The van der Waals surface area contributed by atoms with Crippen molar-refractivity contribution in [3.8, 4) is 0 Å². The third-order valence-electron chi connectivity index (χ3n) is 3.89. The Bertz CT molecular complexity index is 618. The first kappa shape index (κ1) is 17.0. The lowest BCUT2D eigenvalue weighted by Gasteiger charge is -2.31. The number of hydrogen-bond donors (Lipinski definition) is 0. The van der Waals surface area contributed by atoms with E-state index in [1.165, 1.54) is 24.1 Å². The van der Waals surface area contributed by atoms with Gasteiger partial charge in [0.1, 0.15) is 5.84 Å². The van der Waals surface area contributed by atoms with E-state index in [2.05, 4.69) is 66.0 Å². The molecule has 1 aromatic rings. The SMILES string of the molecule is CC1=NC2=CCC(C)C=C(C2)N1Cc1ccccc1.COC=O. The van der Waals surface area contributed by atoms with Crippen molar-refractivity contribution < 1.29 is 9.53 Å². The quantitative estimate of drug-likeness (QED) is 0.795. The topological polar surface area (TPSA) is 41.9 Å². The minimum atomic E-state index is 0.375. The van der Waals surface area contributed by atoms with Gasteiger partial charge in [0.15, 0.2) is 0 Å². The van der Waals surface area contributed by atoms with E-state index < -0.39 is 0 Å². The average molecular weight is 312 g/mol. The van der Waals surface area contributed by atoms with Crippen molar-refractivity contribution in [3.05, 3.63) is 59.4 Å². The first-order valence-electron chi connectivity index (χ1n) is 7.87. The first-order chi connectivity index (χ1) is 11.1. The van der Waals surface area contributed by atoms with Gasteiger partial charge >= 0.3 is 0 Å². The lowest BCUT2D eigenvalue weighted by atomic mass is 10.1. The molecule has 0 aromatic heterocycles. The Kier molecular flexibility index (Phi) is 6.15. The van der Waals surface area contributed by atoms with E-state index in [1.54, 1.807) is 0 Å². The largest absolute Gasteiger partial charge is 0.471 e. The van der Waals surface area contributed by atoms with E-state index in [9.17, 15) is 0 Å². The van der Waals surface area contributed by atoms with Crippen LogP contribution in [0.25, 0.3) is 0 Å². The summed E-state index contributed by atoms with van der Waals surface area (Å²) >= 11 is 0. The molecule has 0 fully saturated rings. The minimum absolute atomic E-state index is 0.375. The number of fused-ring (bicyclic) bond motifs is 2. The Balaban J connectivity index is 0.000000433. The second-order valence-electron chi connectivity index (χ2n) is 5.81. The van der Waals surface area contributed by atoms with Crippen LogP contribution in [0.1, 0.15) is 32.3 Å². The van der Waals surface area contributed by atoms with Crippen molar-refractivity contribution in [3.63, 3.8) is 0 Å². The predicted octanol–water partition coefficient (Wildman–Crippen LogP) is 3.91. The standard InChI is InChI=1S/C17H20N2.C2H4O2/c1-13-8-9-16-11-17(10-13)19(14(2)18-16)12-15-6-4-3-5-7-15;1-4-2-3/h3-7,9-10,13H,8,11-12H2,1-2H3;2H,1H3. The smallest absolute Gasteiger partial charge is 0.292 e. The molecule has 4 heteroatoms. The fourth-order valence-electron chi connectivity index (χ4n) is 2.76. The second kappa shape index (κ2) is 8.32. The summed E-state index contributed by atoms with van der Waals surface area (Å²) in [5.74, 6) is 1.72. The monoisotopic (exact) mass is 312 g/mol. The Labute approximate surface area is 138 Å². The lowest BCUT2D eigenvalue weighted by Crippen LogP contribution is -2.31. The predicted molar refractivity (Wildman–Crippen MR) is 92.7 cm³/mol. The van der Waals surface area contributed by atoms with Crippen molar-refractivity contribution in [2.24, 2.45) is 10.9 Å². The van der Waals surface area contributed by atoms with Crippen LogP contribution in [0.15, 0.2) is 58.9 Å². The van der Waals surface area contributed by atoms with E-state index in [1.807, 2.05) is 0 Å². The highest BCUT2D eigenvalue weighted by Crippen LogP contribution is 2.30. The molecule has 2 aliphatic rings. The summed E-state index contributed by atoms with van der Waals surface area (Å²) in [6.07, 6.45) is 6.78. The molecule has 122 valence electrons. The van der Waals surface area contributed by atoms with Crippen molar-refractivity contribution in [1.82, 2.24) is 4.90 Å². The molecule has 1 aliphatic heterocycles. The number of ether oxygens (including phenoxy) is 1. The third kappa shape index (κ3) is 4.81. The number of aliphatic imine (C=N–C) groups is 1. The number of methoxy groups -OCH3 is 1. The molecule has 1 atom stereocenters. The highest BCUT2D eigenvalue weighted by atomic mass is 16.5. The number of hydrogen-bond acceptors (Lipinski definition) is 4. The molecule has 0 amide bonds. The number of benzene rings is 1. The normalized spacial score (nSPS) is 19.3. The lowest BCUT2D eigenvalue weighted by molar-refractivity contribution is -0.126. The maximum Gasteiger partial charge on any atom is 0.292 e. The molecule has 2 bridgehead atoms. The highest BCUT2D eigenvalue weighted by molar-refractivity contribution is 5.83. The van der Waals surface area contributed by atoms with Gasteiger partial charge in [-0.3, -0.25) is 4.79 Å². The van der Waals surface area contributed by atoms with Gasteiger partial charge in [-0.25, -0.2) is 4.99 Å². The summed E-state index contributed by atoms with van der Waals surface area (Å²) in [6, 6.07) is 10.6. The van der Waals surface area contributed by atoms with E-state index in [0.29, 0.717) is 12.4 Å². The van der Waals surface area contributed by atoms with Gasteiger partial charge in [0.05, 0.1) is 7.11 Å². The minimum Gasteiger partial charge on any atom is -0.471 e. The Morgan fingerprint density at radius 2 is 2.04 bits per heavy atom. The van der Waals surface area contributed by atoms with Gasteiger partial charge in [-0.05, 0) is 24.8 Å². The van der Waals surface area contributed by atoms with Crippen LogP contribution in [0.3, 0.4) is 0 Å². The fourth-order valence-corrected chi connectivity index (χ4v) is 2.76. The van der Waals surface area contributed by atoms with Crippen LogP contribution in [0, 0.1) is 5.92 Å². The first-order valence-corrected chi connectivity index (χ1v) is 7.87. The zero-order valence-corrected chi connectivity index (χ0v) is 14.0. The van der Waals surface area contributed by atoms with Crippen LogP contribution in [-0.4, -0.2) is 24.3 Å². The van der Waals surface area contributed by atoms with Crippen molar-refractivity contribution >= 4 is 12.3 Å². The van der Waals surface area contributed by atoms with Gasteiger partial charge < -0.3 is 9.64 Å².